The molecule has 1 saturated carbocycles. The second kappa shape index (κ2) is 6.76. The number of hydrogen-bond donors (Lipinski definition) is 2. The van der Waals surface area contributed by atoms with Crippen molar-refractivity contribution in [3.05, 3.63) is 0 Å². The Labute approximate surface area is 109 Å². The van der Waals surface area contributed by atoms with E-state index in [4.69, 9.17) is 0 Å². The van der Waals surface area contributed by atoms with Gasteiger partial charge in [-0.15, -0.1) is 0 Å². The van der Waals surface area contributed by atoms with Gasteiger partial charge in [0.1, 0.15) is 0 Å². The smallest absolute Gasteiger partial charge is 0.225 e. The van der Waals surface area contributed by atoms with Gasteiger partial charge in [0.15, 0.2) is 0 Å². The Morgan fingerprint density at radius 1 is 1.06 bits per heavy atom. The van der Waals surface area contributed by atoms with Crippen LogP contribution >= 0.6 is 0 Å². The van der Waals surface area contributed by atoms with Gasteiger partial charge in [-0.2, -0.15) is 0 Å². The number of hydrogen-bond acceptors (Lipinski definition) is 2. The number of nitrogens with one attached hydrogen (secondary N) is 2. The molecule has 0 aromatic heterocycles. The van der Waals surface area contributed by atoms with Crippen LogP contribution in [0, 0.1) is 5.92 Å². The molecule has 0 spiro atoms. The van der Waals surface area contributed by atoms with Crippen molar-refractivity contribution in [2.45, 2.75) is 63.8 Å². The van der Waals surface area contributed by atoms with Crippen molar-refractivity contribution in [3.63, 3.8) is 0 Å². The zero-order valence-electron chi connectivity index (χ0n) is 11.0. The van der Waals surface area contributed by atoms with Crippen LogP contribution in [-0.4, -0.2) is 24.4 Å². The minimum absolute atomic E-state index is 0.0202. The predicted octanol–water partition coefficient (Wildman–Crippen LogP) is 1.74. The van der Waals surface area contributed by atoms with Crippen molar-refractivity contribution in [3.8, 4) is 0 Å². The van der Waals surface area contributed by atoms with Crippen LogP contribution in [0.1, 0.15) is 57.8 Å². The molecule has 1 aliphatic heterocycles. The van der Waals surface area contributed by atoms with Gasteiger partial charge in [-0.25, -0.2) is 0 Å². The van der Waals surface area contributed by atoms with Crippen LogP contribution in [0.5, 0.6) is 0 Å². The Hall–Kier alpha value is -1.06. The third kappa shape index (κ3) is 4.00. The second-order valence-corrected chi connectivity index (χ2v) is 5.59. The minimum atomic E-state index is -0.0202. The summed E-state index contributed by atoms with van der Waals surface area (Å²) in [4.78, 5) is 23.2. The molecule has 102 valence electrons. The fourth-order valence-electron chi connectivity index (χ4n) is 2.88. The molecule has 2 amide bonds. The molecular formula is C14H24N2O2. The van der Waals surface area contributed by atoms with Gasteiger partial charge < -0.3 is 10.6 Å². The first kappa shape index (κ1) is 13.4. The molecular weight excluding hydrogens is 228 g/mol. The average molecular weight is 252 g/mol. The van der Waals surface area contributed by atoms with E-state index in [-0.39, 0.29) is 17.7 Å². The van der Waals surface area contributed by atoms with Gasteiger partial charge in [-0.3, -0.25) is 9.59 Å². The highest BCUT2D eigenvalue weighted by Crippen LogP contribution is 2.18. The number of piperidine rings is 1. The summed E-state index contributed by atoms with van der Waals surface area (Å²) in [6.45, 7) is 0.511. The summed E-state index contributed by atoms with van der Waals surface area (Å²) in [5.41, 5.74) is 0. The zero-order chi connectivity index (χ0) is 12.8. The fraction of sp³-hybridized carbons (Fsp3) is 0.857. The normalized spacial score (nSPS) is 26.9. The number of amides is 2. The molecule has 18 heavy (non-hydrogen) atoms. The summed E-state index contributed by atoms with van der Waals surface area (Å²) in [6.07, 6.45) is 9.81. The van der Waals surface area contributed by atoms with Crippen molar-refractivity contribution < 1.29 is 9.59 Å². The van der Waals surface area contributed by atoms with Gasteiger partial charge in [0.25, 0.3) is 0 Å². The maximum atomic E-state index is 12.1. The van der Waals surface area contributed by atoms with Crippen molar-refractivity contribution in [2.75, 3.05) is 6.54 Å². The highest BCUT2D eigenvalue weighted by molar-refractivity contribution is 5.83. The molecule has 1 heterocycles. The van der Waals surface area contributed by atoms with Crippen LogP contribution in [-0.2, 0) is 9.59 Å². The maximum absolute atomic E-state index is 12.1. The summed E-state index contributed by atoms with van der Waals surface area (Å²) in [6, 6.07) is 0.357. The van der Waals surface area contributed by atoms with Crippen LogP contribution in [0.4, 0.5) is 0 Å². The van der Waals surface area contributed by atoms with E-state index in [1.165, 1.54) is 32.1 Å². The molecule has 0 aromatic carbocycles. The molecule has 0 aromatic rings. The first-order chi connectivity index (χ1) is 8.75. The minimum Gasteiger partial charge on any atom is -0.355 e. The van der Waals surface area contributed by atoms with E-state index in [0.29, 0.717) is 25.4 Å². The van der Waals surface area contributed by atoms with Crippen LogP contribution < -0.4 is 10.6 Å². The molecule has 2 aliphatic rings. The molecule has 2 N–H and O–H groups in total. The van der Waals surface area contributed by atoms with Crippen LogP contribution in [0.15, 0.2) is 0 Å². The largest absolute Gasteiger partial charge is 0.355 e. The summed E-state index contributed by atoms with van der Waals surface area (Å²) in [5.74, 6) is 0.193. The topological polar surface area (TPSA) is 58.2 Å². The van der Waals surface area contributed by atoms with Gasteiger partial charge in [0.05, 0.1) is 5.92 Å². The molecule has 2 rings (SSSR count). The van der Waals surface area contributed by atoms with Crippen molar-refractivity contribution in [1.82, 2.24) is 10.6 Å². The standard InChI is InChI=1S/C14H24N2O2/c17-13-9-8-11(10-15-13)14(18)16-12-6-4-2-1-3-5-7-12/h11-12H,1-10H2,(H,15,17)(H,16,18). The Morgan fingerprint density at radius 3 is 2.33 bits per heavy atom. The SMILES string of the molecule is O=C1CCC(C(=O)NC2CCCCCCC2)CN1. The molecule has 0 bridgehead atoms. The average Bonchev–Trinajstić information content (AvgIpc) is 2.33. The van der Waals surface area contributed by atoms with E-state index in [2.05, 4.69) is 10.6 Å². The van der Waals surface area contributed by atoms with Crippen LogP contribution in [0.25, 0.3) is 0 Å². The quantitative estimate of drug-likeness (QED) is 0.786. The molecule has 1 saturated heterocycles. The molecule has 0 radical (unpaired) electrons. The summed E-state index contributed by atoms with van der Waals surface area (Å²) in [5, 5.41) is 5.95. The highest BCUT2D eigenvalue weighted by Gasteiger charge is 2.26. The monoisotopic (exact) mass is 252 g/mol. The van der Waals surface area contributed by atoms with Gasteiger partial charge in [-0.1, -0.05) is 32.1 Å². The van der Waals surface area contributed by atoms with Crippen LogP contribution in [0.2, 0.25) is 0 Å². The molecule has 1 atom stereocenters. The van der Waals surface area contributed by atoms with Crippen molar-refractivity contribution in [1.29, 1.82) is 0 Å². The van der Waals surface area contributed by atoms with Gasteiger partial charge in [-0.05, 0) is 19.3 Å². The summed E-state index contributed by atoms with van der Waals surface area (Å²) in [7, 11) is 0. The fourth-order valence-corrected chi connectivity index (χ4v) is 2.88. The van der Waals surface area contributed by atoms with E-state index in [1.54, 1.807) is 0 Å². The lowest BCUT2D eigenvalue weighted by molar-refractivity contribution is -0.129. The van der Waals surface area contributed by atoms with E-state index in [1.807, 2.05) is 0 Å². The zero-order valence-corrected chi connectivity index (χ0v) is 11.0. The summed E-state index contributed by atoms with van der Waals surface area (Å²) < 4.78 is 0. The van der Waals surface area contributed by atoms with Crippen molar-refractivity contribution in [2.24, 2.45) is 5.92 Å². The summed E-state index contributed by atoms with van der Waals surface area (Å²) >= 11 is 0. The van der Waals surface area contributed by atoms with Gasteiger partial charge in [0, 0.05) is 19.0 Å². The lowest BCUT2D eigenvalue weighted by Crippen LogP contribution is -2.46. The number of carbonyl (C=O) groups excluding carboxylic acids is 2. The van der Waals surface area contributed by atoms with E-state index in [9.17, 15) is 9.59 Å². The molecule has 1 unspecified atom stereocenters. The third-order valence-electron chi connectivity index (χ3n) is 4.09. The Balaban J connectivity index is 1.76. The van der Waals surface area contributed by atoms with Gasteiger partial charge >= 0.3 is 0 Å². The van der Waals surface area contributed by atoms with E-state index < -0.39 is 0 Å². The first-order valence-corrected chi connectivity index (χ1v) is 7.33. The Morgan fingerprint density at radius 2 is 1.72 bits per heavy atom. The van der Waals surface area contributed by atoms with Crippen molar-refractivity contribution >= 4 is 11.8 Å². The van der Waals surface area contributed by atoms with Gasteiger partial charge in [0.2, 0.25) is 11.8 Å². The Bertz CT molecular complexity index is 286. The molecule has 4 nitrogen and oxygen atoms in total. The number of carbonyl (C=O) groups is 2. The first-order valence-electron chi connectivity index (χ1n) is 7.33. The highest BCUT2D eigenvalue weighted by atomic mass is 16.2. The lowest BCUT2D eigenvalue weighted by atomic mass is 9.94. The molecule has 2 fully saturated rings. The van der Waals surface area contributed by atoms with Crippen LogP contribution in [0.3, 0.4) is 0 Å². The lowest BCUT2D eigenvalue weighted by Gasteiger charge is -2.26. The molecule has 4 heteroatoms. The predicted molar refractivity (Wildman–Crippen MR) is 70.0 cm³/mol. The second-order valence-electron chi connectivity index (χ2n) is 5.59. The molecule has 1 aliphatic carbocycles. The maximum Gasteiger partial charge on any atom is 0.225 e. The number of rotatable bonds is 2. The van der Waals surface area contributed by atoms with E-state index in [0.717, 1.165) is 12.8 Å². The van der Waals surface area contributed by atoms with E-state index >= 15 is 0 Å². The third-order valence-corrected chi connectivity index (χ3v) is 4.09. The Kier molecular flexibility index (Phi) is 5.02.